The lowest BCUT2D eigenvalue weighted by Crippen LogP contribution is -2.29. The lowest BCUT2D eigenvalue weighted by Gasteiger charge is -2.18. The van der Waals surface area contributed by atoms with Crippen LogP contribution < -0.4 is 5.32 Å². The van der Waals surface area contributed by atoms with E-state index in [0.717, 1.165) is 6.42 Å². The van der Waals surface area contributed by atoms with Gasteiger partial charge in [0.2, 0.25) is 0 Å². The van der Waals surface area contributed by atoms with E-state index in [1.807, 2.05) is 7.05 Å². The van der Waals surface area contributed by atoms with E-state index in [9.17, 15) is 4.79 Å². The molecule has 0 heterocycles. The molecule has 0 aromatic rings. The Labute approximate surface area is 93.3 Å². The first-order chi connectivity index (χ1) is 7.10. The Morgan fingerprint density at radius 1 is 1.40 bits per heavy atom. The quantitative estimate of drug-likeness (QED) is 0.581. The molecule has 0 bridgehead atoms. The van der Waals surface area contributed by atoms with Crippen LogP contribution in [0.5, 0.6) is 0 Å². The fraction of sp³-hybridized carbons (Fsp3) is 0.917. The van der Waals surface area contributed by atoms with E-state index in [-0.39, 0.29) is 12.5 Å². The van der Waals surface area contributed by atoms with Crippen LogP contribution in [0.4, 0.5) is 0 Å². The SMILES string of the molecule is CCCCCC(C)CC(CC(=O)O)NC. The van der Waals surface area contributed by atoms with Gasteiger partial charge in [0.05, 0.1) is 6.42 Å². The van der Waals surface area contributed by atoms with Gasteiger partial charge in [-0.2, -0.15) is 0 Å². The second-order valence-electron chi connectivity index (χ2n) is 4.42. The van der Waals surface area contributed by atoms with E-state index in [0.29, 0.717) is 5.92 Å². The van der Waals surface area contributed by atoms with Gasteiger partial charge in [-0.1, -0.05) is 39.5 Å². The third-order valence-electron chi connectivity index (χ3n) is 2.82. The molecule has 0 aromatic carbocycles. The van der Waals surface area contributed by atoms with E-state index in [4.69, 9.17) is 5.11 Å². The van der Waals surface area contributed by atoms with E-state index in [1.54, 1.807) is 0 Å². The van der Waals surface area contributed by atoms with Crippen LogP contribution in [0.15, 0.2) is 0 Å². The van der Waals surface area contributed by atoms with Gasteiger partial charge in [0.25, 0.3) is 0 Å². The van der Waals surface area contributed by atoms with Gasteiger partial charge in [-0.3, -0.25) is 4.79 Å². The topological polar surface area (TPSA) is 49.3 Å². The number of aliphatic carboxylic acids is 1. The molecule has 0 fully saturated rings. The Kier molecular flexibility index (Phi) is 8.38. The molecule has 2 atom stereocenters. The fourth-order valence-electron chi connectivity index (χ4n) is 1.86. The van der Waals surface area contributed by atoms with Crippen molar-refractivity contribution in [1.29, 1.82) is 0 Å². The lowest BCUT2D eigenvalue weighted by atomic mass is 9.94. The molecule has 3 nitrogen and oxygen atoms in total. The highest BCUT2D eigenvalue weighted by molar-refractivity contribution is 5.67. The maximum Gasteiger partial charge on any atom is 0.304 e. The molecular formula is C12H25NO2. The smallest absolute Gasteiger partial charge is 0.304 e. The van der Waals surface area contributed by atoms with Crippen molar-refractivity contribution in [1.82, 2.24) is 5.32 Å². The standard InChI is InChI=1S/C12H25NO2/c1-4-5-6-7-10(2)8-11(13-3)9-12(14)15/h10-11,13H,4-9H2,1-3H3,(H,14,15). The van der Waals surface area contributed by atoms with Crippen LogP contribution in [-0.2, 0) is 4.79 Å². The third-order valence-corrected chi connectivity index (χ3v) is 2.82. The first kappa shape index (κ1) is 14.4. The molecule has 2 unspecified atom stereocenters. The highest BCUT2D eigenvalue weighted by Gasteiger charge is 2.14. The van der Waals surface area contributed by atoms with E-state index in [2.05, 4.69) is 19.2 Å². The monoisotopic (exact) mass is 215 g/mol. The fourth-order valence-corrected chi connectivity index (χ4v) is 1.86. The number of rotatable bonds is 9. The second-order valence-corrected chi connectivity index (χ2v) is 4.42. The van der Waals surface area contributed by atoms with E-state index in [1.165, 1.54) is 25.7 Å². The Morgan fingerprint density at radius 2 is 2.07 bits per heavy atom. The molecule has 0 spiro atoms. The zero-order valence-corrected chi connectivity index (χ0v) is 10.3. The summed E-state index contributed by atoms with van der Waals surface area (Å²) in [5.74, 6) is -0.0940. The van der Waals surface area contributed by atoms with Crippen molar-refractivity contribution in [3.63, 3.8) is 0 Å². The molecule has 15 heavy (non-hydrogen) atoms. The van der Waals surface area contributed by atoms with Gasteiger partial charge in [-0.15, -0.1) is 0 Å². The van der Waals surface area contributed by atoms with Crippen molar-refractivity contribution in [3.05, 3.63) is 0 Å². The third kappa shape index (κ3) is 8.43. The molecule has 0 rings (SSSR count). The summed E-state index contributed by atoms with van der Waals surface area (Å²) >= 11 is 0. The Balaban J connectivity index is 3.69. The predicted molar refractivity (Wildman–Crippen MR) is 63.0 cm³/mol. The summed E-state index contributed by atoms with van der Waals surface area (Å²) < 4.78 is 0. The summed E-state index contributed by atoms with van der Waals surface area (Å²) in [6, 6.07) is 0.124. The van der Waals surface area contributed by atoms with Gasteiger partial charge in [-0.25, -0.2) is 0 Å². The molecule has 2 N–H and O–H groups in total. The van der Waals surface area contributed by atoms with Crippen molar-refractivity contribution in [2.24, 2.45) is 5.92 Å². The normalized spacial score (nSPS) is 14.9. The maximum absolute atomic E-state index is 10.6. The first-order valence-corrected chi connectivity index (χ1v) is 5.99. The molecule has 0 aliphatic rings. The number of hydrogen-bond acceptors (Lipinski definition) is 2. The van der Waals surface area contributed by atoms with Gasteiger partial charge >= 0.3 is 5.97 Å². The van der Waals surface area contributed by atoms with Gasteiger partial charge in [0.1, 0.15) is 0 Å². The highest BCUT2D eigenvalue weighted by Crippen LogP contribution is 2.16. The molecule has 0 aliphatic carbocycles. The molecule has 0 aliphatic heterocycles. The zero-order valence-electron chi connectivity index (χ0n) is 10.3. The molecule has 3 heteroatoms. The van der Waals surface area contributed by atoms with Crippen LogP contribution in [0, 0.1) is 5.92 Å². The van der Waals surface area contributed by atoms with Gasteiger partial charge in [-0.05, 0) is 19.4 Å². The van der Waals surface area contributed by atoms with Crippen LogP contribution in [0.2, 0.25) is 0 Å². The van der Waals surface area contributed by atoms with Crippen molar-refractivity contribution in [2.45, 2.75) is 58.4 Å². The van der Waals surface area contributed by atoms with Crippen LogP contribution in [0.1, 0.15) is 52.4 Å². The van der Waals surface area contributed by atoms with Crippen LogP contribution in [-0.4, -0.2) is 24.2 Å². The largest absolute Gasteiger partial charge is 0.481 e. The Bertz CT molecular complexity index is 171. The minimum Gasteiger partial charge on any atom is -0.481 e. The predicted octanol–water partition coefficient (Wildman–Crippen LogP) is 2.66. The summed E-state index contributed by atoms with van der Waals surface area (Å²) in [5.41, 5.74) is 0. The average Bonchev–Trinajstić information content (AvgIpc) is 2.16. The van der Waals surface area contributed by atoms with Crippen molar-refractivity contribution in [3.8, 4) is 0 Å². The summed E-state index contributed by atoms with van der Waals surface area (Å²) in [6.07, 6.45) is 6.21. The van der Waals surface area contributed by atoms with Gasteiger partial charge in [0, 0.05) is 6.04 Å². The van der Waals surface area contributed by atoms with Crippen LogP contribution in [0.25, 0.3) is 0 Å². The van der Waals surface area contributed by atoms with Crippen LogP contribution >= 0.6 is 0 Å². The number of carbonyl (C=O) groups is 1. The minimum atomic E-state index is -0.713. The van der Waals surface area contributed by atoms with Crippen molar-refractivity contribution < 1.29 is 9.90 Å². The molecule has 90 valence electrons. The van der Waals surface area contributed by atoms with E-state index < -0.39 is 5.97 Å². The van der Waals surface area contributed by atoms with Crippen molar-refractivity contribution >= 4 is 5.97 Å². The molecular weight excluding hydrogens is 190 g/mol. The molecule has 0 amide bonds. The zero-order chi connectivity index (χ0) is 11.7. The van der Waals surface area contributed by atoms with Crippen molar-refractivity contribution in [2.75, 3.05) is 7.05 Å². The number of unbranched alkanes of at least 4 members (excludes halogenated alkanes) is 2. The summed E-state index contributed by atoms with van der Waals surface area (Å²) in [6.45, 7) is 4.41. The van der Waals surface area contributed by atoms with Gasteiger partial charge < -0.3 is 10.4 Å². The molecule has 0 radical (unpaired) electrons. The lowest BCUT2D eigenvalue weighted by molar-refractivity contribution is -0.137. The summed E-state index contributed by atoms with van der Waals surface area (Å²) in [7, 11) is 1.84. The van der Waals surface area contributed by atoms with E-state index >= 15 is 0 Å². The Morgan fingerprint density at radius 3 is 2.53 bits per heavy atom. The first-order valence-electron chi connectivity index (χ1n) is 5.99. The number of carboxylic acid groups (broad SMARTS) is 1. The number of nitrogens with one attached hydrogen (secondary N) is 1. The molecule has 0 saturated carbocycles. The van der Waals surface area contributed by atoms with Crippen LogP contribution in [0.3, 0.4) is 0 Å². The average molecular weight is 215 g/mol. The molecule has 0 saturated heterocycles. The molecule has 0 aromatic heterocycles. The van der Waals surface area contributed by atoms with Gasteiger partial charge in [0.15, 0.2) is 0 Å². The maximum atomic E-state index is 10.6. The second kappa shape index (κ2) is 8.72. The highest BCUT2D eigenvalue weighted by atomic mass is 16.4. The number of hydrogen-bond donors (Lipinski definition) is 2. The summed E-state index contributed by atoms with van der Waals surface area (Å²) in [5, 5.41) is 11.8. The summed E-state index contributed by atoms with van der Waals surface area (Å²) in [4.78, 5) is 10.6. The number of carboxylic acids is 1. The minimum absolute atomic E-state index is 0.124. The Hall–Kier alpha value is -0.570.